The van der Waals surface area contributed by atoms with Crippen molar-refractivity contribution >= 4 is 23.7 Å². The van der Waals surface area contributed by atoms with Gasteiger partial charge in [0.25, 0.3) is 0 Å². The van der Waals surface area contributed by atoms with Gasteiger partial charge < -0.3 is 14.8 Å². The average molecular weight is 328 g/mol. The van der Waals surface area contributed by atoms with Gasteiger partial charge in [-0.05, 0) is 32.8 Å². The van der Waals surface area contributed by atoms with Crippen molar-refractivity contribution in [1.29, 1.82) is 0 Å². The van der Waals surface area contributed by atoms with Crippen LogP contribution in [-0.2, 0) is 20.9 Å². The van der Waals surface area contributed by atoms with E-state index in [4.69, 9.17) is 21.1 Å². The van der Waals surface area contributed by atoms with Crippen molar-refractivity contribution in [3.05, 3.63) is 35.9 Å². The van der Waals surface area contributed by atoms with E-state index in [1.54, 1.807) is 20.8 Å². The molecule has 6 heteroatoms. The zero-order valence-electron chi connectivity index (χ0n) is 13.1. The maximum absolute atomic E-state index is 12.0. The summed E-state index contributed by atoms with van der Waals surface area (Å²) in [6.07, 6.45) is -0.401. The topological polar surface area (TPSA) is 64.6 Å². The van der Waals surface area contributed by atoms with Gasteiger partial charge in [-0.15, -0.1) is 11.6 Å². The molecule has 0 aliphatic carbocycles. The molecule has 0 saturated heterocycles. The van der Waals surface area contributed by atoms with E-state index in [0.29, 0.717) is 0 Å². The van der Waals surface area contributed by atoms with Crippen LogP contribution < -0.4 is 5.32 Å². The number of carbonyl (C=O) groups is 2. The third-order valence-electron chi connectivity index (χ3n) is 2.59. The predicted molar refractivity (Wildman–Crippen MR) is 84.7 cm³/mol. The molecule has 0 heterocycles. The Hall–Kier alpha value is -1.75. The van der Waals surface area contributed by atoms with E-state index in [1.165, 1.54) is 0 Å². The molecule has 122 valence electrons. The summed E-state index contributed by atoms with van der Waals surface area (Å²) in [7, 11) is 0. The summed E-state index contributed by atoms with van der Waals surface area (Å²) in [5, 5.41) is 2.49. The van der Waals surface area contributed by atoms with Gasteiger partial charge in [-0.2, -0.15) is 0 Å². The van der Waals surface area contributed by atoms with E-state index in [9.17, 15) is 9.59 Å². The maximum Gasteiger partial charge on any atom is 0.408 e. The van der Waals surface area contributed by atoms with Crippen molar-refractivity contribution in [2.75, 3.05) is 5.88 Å². The van der Waals surface area contributed by atoms with Gasteiger partial charge in [-0.3, -0.25) is 0 Å². The van der Waals surface area contributed by atoms with Crippen LogP contribution in [-0.4, -0.2) is 29.6 Å². The molecule has 22 heavy (non-hydrogen) atoms. The average Bonchev–Trinajstić information content (AvgIpc) is 2.44. The number of amides is 1. The van der Waals surface area contributed by atoms with Crippen LogP contribution in [0, 0.1) is 0 Å². The first kappa shape index (κ1) is 18.3. The number of benzene rings is 1. The highest BCUT2D eigenvalue weighted by atomic mass is 35.5. The van der Waals surface area contributed by atoms with E-state index < -0.39 is 23.7 Å². The summed E-state index contributed by atoms with van der Waals surface area (Å²) in [5.41, 5.74) is 0.237. The van der Waals surface area contributed by atoms with Crippen molar-refractivity contribution in [2.24, 2.45) is 0 Å². The number of alkyl halides is 1. The number of nitrogens with one attached hydrogen (secondary N) is 1. The summed E-state index contributed by atoms with van der Waals surface area (Å²) >= 11 is 5.67. The molecule has 0 unspecified atom stereocenters. The normalized spacial score (nSPS) is 12.4. The minimum atomic E-state index is -0.819. The molecule has 1 amide bonds. The quantitative estimate of drug-likeness (QED) is 0.643. The number of ether oxygens (including phenoxy) is 2. The first-order valence-corrected chi connectivity index (χ1v) is 7.61. The van der Waals surface area contributed by atoms with Crippen LogP contribution >= 0.6 is 11.6 Å². The Bertz CT molecular complexity index is 485. The van der Waals surface area contributed by atoms with Gasteiger partial charge >= 0.3 is 12.1 Å². The molecule has 0 aliphatic heterocycles. The minimum absolute atomic E-state index is 0.134. The molecular formula is C16H22ClNO4. The fourth-order valence-corrected chi connectivity index (χ4v) is 1.86. The summed E-state index contributed by atoms with van der Waals surface area (Å²) in [6.45, 7) is 5.41. The molecule has 1 rings (SSSR count). The summed E-state index contributed by atoms with van der Waals surface area (Å²) in [4.78, 5) is 23.8. The number of hydrogen-bond acceptors (Lipinski definition) is 4. The lowest BCUT2D eigenvalue weighted by Gasteiger charge is -2.24. The molecule has 1 aromatic rings. The Morgan fingerprint density at radius 1 is 1.23 bits per heavy atom. The molecule has 0 aromatic heterocycles. The van der Waals surface area contributed by atoms with Crippen molar-refractivity contribution < 1.29 is 19.1 Å². The Morgan fingerprint density at radius 3 is 2.41 bits per heavy atom. The molecule has 0 fully saturated rings. The Labute approximate surface area is 135 Å². The second kappa shape index (κ2) is 8.63. The monoisotopic (exact) mass is 327 g/mol. The van der Waals surface area contributed by atoms with Crippen LogP contribution in [0.5, 0.6) is 0 Å². The van der Waals surface area contributed by atoms with Crippen LogP contribution in [0.2, 0.25) is 0 Å². The van der Waals surface area contributed by atoms with E-state index in [0.717, 1.165) is 5.56 Å². The third-order valence-corrected chi connectivity index (χ3v) is 2.81. The highest BCUT2D eigenvalue weighted by molar-refractivity contribution is 6.18. The van der Waals surface area contributed by atoms with E-state index in [1.807, 2.05) is 30.3 Å². The number of esters is 1. The van der Waals surface area contributed by atoms with Crippen LogP contribution in [0.4, 0.5) is 4.79 Å². The van der Waals surface area contributed by atoms with Gasteiger partial charge in [0.15, 0.2) is 0 Å². The van der Waals surface area contributed by atoms with Crippen LogP contribution in [0.3, 0.4) is 0 Å². The van der Waals surface area contributed by atoms with Gasteiger partial charge in [0, 0.05) is 5.88 Å². The lowest BCUT2D eigenvalue weighted by Crippen LogP contribution is -2.44. The Kier molecular flexibility index (Phi) is 7.18. The van der Waals surface area contributed by atoms with E-state index in [2.05, 4.69) is 5.32 Å². The zero-order valence-corrected chi connectivity index (χ0v) is 13.9. The number of rotatable bonds is 6. The van der Waals surface area contributed by atoms with E-state index >= 15 is 0 Å². The second-order valence-electron chi connectivity index (χ2n) is 5.77. The van der Waals surface area contributed by atoms with Crippen molar-refractivity contribution in [2.45, 2.75) is 45.4 Å². The largest absolute Gasteiger partial charge is 0.458 e. The van der Waals surface area contributed by atoms with Gasteiger partial charge in [-0.1, -0.05) is 30.3 Å². The van der Waals surface area contributed by atoms with Gasteiger partial charge in [-0.25, -0.2) is 9.59 Å². The number of halogens is 1. The van der Waals surface area contributed by atoms with Crippen LogP contribution in [0.1, 0.15) is 32.8 Å². The molecule has 0 radical (unpaired) electrons. The SMILES string of the molecule is CC(C)(C)OC(=O)[C@H](CCCl)NC(=O)OCc1ccccc1. The molecular weight excluding hydrogens is 306 g/mol. The molecule has 0 saturated carbocycles. The highest BCUT2D eigenvalue weighted by Crippen LogP contribution is 2.10. The fraction of sp³-hybridized carbons (Fsp3) is 0.500. The second-order valence-corrected chi connectivity index (χ2v) is 6.15. The number of hydrogen-bond donors (Lipinski definition) is 1. The Balaban J connectivity index is 2.51. The molecule has 0 bridgehead atoms. The predicted octanol–water partition coefficient (Wildman–Crippen LogP) is 3.25. The summed E-state index contributed by atoms with van der Waals surface area (Å²) < 4.78 is 10.3. The first-order chi connectivity index (χ1) is 10.3. The minimum Gasteiger partial charge on any atom is -0.458 e. The van der Waals surface area contributed by atoms with Crippen molar-refractivity contribution in [3.8, 4) is 0 Å². The lowest BCUT2D eigenvalue weighted by molar-refractivity contribution is -0.157. The smallest absolute Gasteiger partial charge is 0.408 e. The summed E-state index contributed by atoms with van der Waals surface area (Å²) in [6, 6.07) is 8.46. The third kappa shape index (κ3) is 7.31. The van der Waals surface area contributed by atoms with Crippen molar-refractivity contribution in [3.63, 3.8) is 0 Å². The number of carbonyl (C=O) groups excluding carboxylic acids is 2. The zero-order chi connectivity index (χ0) is 16.6. The van der Waals surface area contributed by atoms with E-state index in [-0.39, 0.29) is 18.9 Å². The number of alkyl carbamates (subject to hydrolysis) is 1. The molecule has 0 spiro atoms. The van der Waals surface area contributed by atoms with Crippen molar-refractivity contribution in [1.82, 2.24) is 5.32 Å². The van der Waals surface area contributed by atoms with Crippen LogP contribution in [0.25, 0.3) is 0 Å². The van der Waals surface area contributed by atoms with Crippen LogP contribution in [0.15, 0.2) is 30.3 Å². The van der Waals surface area contributed by atoms with Gasteiger partial charge in [0.05, 0.1) is 0 Å². The maximum atomic E-state index is 12.0. The van der Waals surface area contributed by atoms with Gasteiger partial charge in [0.2, 0.25) is 0 Å². The molecule has 1 aromatic carbocycles. The molecule has 5 nitrogen and oxygen atoms in total. The molecule has 1 N–H and O–H groups in total. The Morgan fingerprint density at radius 2 is 1.86 bits per heavy atom. The fourth-order valence-electron chi connectivity index (χ4n) is 1.64. The lowest BCUT2D eigenvalue weighted by atomic mass is 10.1. The standard InChI is InChI=1S/C16H22ClNO4/c1-16(2,3)22-14(19)13(9-10-17)18-15(20)21-11-12-7-5-4-6-8-12/h4-8,13H,9-11H2,1-3H3,(H,18,20)/t13-/m0/s1. The molecule has 0 aliphatic rings. The first-order valence-electron chi connectivity index (χ1n) is 7.08. The van der Waals surface area contributed by atoms with Gasteiger partial charge in [0.1, 0.15) is 18.2 Å². The summed E-state index contributed by atoms with van der Waals surface area (Å²) in [5.74, 6) is -0.298. The highest BCUT2D eigenvalue weighted by Gasteiger charge is 2.26. The molecule has 1 atom stereocenters.